The fraction of sp³-hybridized carbons (Fsp3) is 0. The number of halogens is 2. The Kier molecular flexibility index (Phi) is 1.62. The minimum absolute atomic E-state index is 0.694. The zero-order chi connectivity index (χ0) is 7.84. The number of rotatable bonds is 0. The number of pyridine rings is 1. The van der Waals surface area contributed by atoms with E-state index < -0.39 is 0 Å². The van der Waals surface area contributed by atoms with Crippen LogP contribution in [0.5, 0.6) is 0 Å². The number of aromatic nitrogens is 2. The van der Waals surface area contributed by atoms with Crippen LogP contribution in [0.3, 0.4) is 0 Å². The van der Waals surface area contributed by atoms with E-state index in [1.807, 2.05) is 6.07 Å². The topological polar surface area (TPSA) is 28.7 Å². The third kappa shape index (κ3) is 1.04. The first kappa shape index (κ1) is 7.13. The van der Waals surface area contributed by atoms with Crippen molar-refractivity contribution in [1.29, 1.82) is 0 Å². The zero-order valence-corrected chi connectivity index (χ0v) is 7.78. The number of aromatic amines is 1. The molecule has 0 aromatic carbocycles. The lowest BCUT2D eigenvalue weighted by molar-refractivity contribution is 1.32. The highest BCUT2D eigenvalue weighted by Gasteiger charge is 2.04. The smallest absolute Gasteiger partial charge is 0.139 e. The van der Waals surface area contributed by atoms with Crippen LogP contribution < -0.4 is 0 Å². The molecule has 0 aliphatic rings. The lowest BCUT2D eigenvalue weighted by atomic mass is 10.3. The maximum Gasteiger partial charge on any atom is 0.139 e. The van der Waals surface area contributed by atoms with Gasteiger partial charge in [0.05, 0.1) is 10.4 Å². The number of nitrogens with zero attached hydrogens (tertiary/aromatic N) is 1. The SMILES string of the molecule is Clc1c[nH]c2nccc(Br)c12. The van der Waals surface area contributed by atoms with Crippen molar-refractivity contribution in [3.05, 3.63) is 28.0 Å². The Morgan fingerprint density at radius 2 is 2.36 bits per heavy atom. The second-order valence-electron chi connectivity index (χ2n) is 2.15. The summed E-state index contributed by atoms with van der Waals surface area (Å²) in [6.07, 6.45) is 3.45. The second-order valence-corrected chi connectivity index (χ2v) is 3.41. The maximum absolute atomic E-state index is 5.88. The molecule has 0 aliphatic carbocycles. The number of H-pyrrole nitrogens is 1. The van der Waals surface area contributed by atoms with Crippen molar-refractivity contribution in [3.63, 3.8) is 0 Å². The van der Waals surface area contributed by atoms with Crippen molar-refractivity contribution in [2.24, 2.45) is 0 Å². The molecule has 2 rings (SSSR count). The Balaban J connectivity index is 2.96. The van der Waals surface area contributed by atoms with Crippen molar-refractivity contribution in [1.82, 2.24) is 9.97 Å². The molecule has 2 heterocycles. The van der Waals surface area contributed by atoms with Gasteiger partial charge in [0.25, 0.3) is 0 Å². The molecular weight excluding hydrogens is 227 g/mol. The van der Waals surface area contributed by atoms with E-state index >= 15 is 0 Å². The number of nitrogens with one attached hydrogen (secondary N) is 1. The van der Waals surface area contributed by atoms with Gasteiger partial charge in [0, 0.05) is 16.9 Å². The first-order valence-electron chi connectivity index (χ1n) is 3.06. The van der Waals surface area contributed by atoms with Gasteiger partial charge in [-0.25, -0.2) is 4.98 Å². The molecule has 1 N–H and O–H groups in total. The monoisotopic (exact) mass is 230 g/mol. The summed E-state index contributed by atoms with van der Waals surface area (Å²) in [5.41, 5.74) is 0.810. The second kappa shape index (κ2) is 2.50. The fourth-order valence-electron chi connectivity index (χ4n) is 0.979. The predicted molar refractivity (Wildman–Crippen MR) is 48.8 cm³/mol. The molecule has 0 atom stereocenters. The Labute approximate surface area is 76.7 Å². The molecule has 0 saturated carbocycles. The van der Waals surface area contributed by atoms with E-state index in [0.29, 0.717) is 5.02 Å². The quantitative estimate of drug-likeness (QED) is 0.742. The van der Waals surface area contributed by atoms with E-state index in [2.05, 4.69) is 25.9 Å². The molecule has 2 aromatic heterocycles. The van der Waals surface area contributed by atoms with Gasteiger partial charge >= 0.3 is 0 Å². The van der Waals surface area contributed by atoms with Crippen LogP contribution in [0.2, 0.25) is 5.02 Å². The summed E-state index contributed by atoms with van der Waals surface area (Å²) in [7, 11) is 0. The van der Waals surface area contributed by atoms with Gasteiger partial charge in [-0.05, 0) is 22.0 Å². The Morgan fingerprint density at radius 3 is 3.09 bits per heavy atom. The molecule has 4 heteroatoms. The van der Waals surface area contributed by atoms with E-state index in [4.69, 9.17) is 11.6 Å². The summed E-state index contributed by atoms with van der Waals surface area (Å²) in [6, 6.07) is 1.86. The molecule has 0 spiro atoms. The van der Waals surface area contributed by atoms with E-state index in [1.54, 1.807) is 12.4 Å². The van der Waals surface area contributed by atoms with Gasteiger partial charge in [-0.15, -0.1) is 0 Å². The van der Waals surface area contributed by atoms with Gasteiger partial charge in [-0.1, -0.05) is 11.6 Å². The van der Waals surface area contributed by atoms with E-state index in [0.717, 1.165) is 15.5 Å². The standard InChI is InChI=1S/C7H4BrClN2/c8-4-1-2-10-7-6(4)5(9)3-11-7/h1-3H,(H,10,11). The third-order valence-corrected chi connectivity index (χ3v) is 2.43. The average molecular weight is 231 g/mol. The Morgan fingerprint density at radius 1 is 1.55 bits per heavy atom. The van der Waals surface area contributed by atoms with Crippen LogP contribution in [-0.4, -0.2) is 9.97 Å². The number of hydrogen-bond acceptors (Lipinski definition) is 1. The molecule has 56 valence electrons. The summed E-state index contributed by atoms with van der Waals surface area (Å²) in [5.74, 6) is 0. The highest BCUT2D eigenvalue weighted by atomic mass is 79.9. The highest BCUT2D eigenvalue weighted by molar-refractivity contribution is 9.10. The normalized spacial score (nSPS) is 10.7. The van der Waals surface area contributed by atoms with Gasteiger partial charge in [0.2, 0.25) is 0 Å². The van der Waals surface area contributed by atoms with Gasteiger partial charge in [0.15, 0.2) is 0 Å². The third-order valence-electron chi connectivity index (χ3n) is 1.47. The van der Waals surface area contributed by atoms with Gasteiger partial charge in [-0.3, -0.25) is 0 Å². The van der Waals surface area contributed by atoms with Gasteiger partial charge < -0.3 is 4.98 Å². The van der Waals surface area contributed by atoms with Crippen molar-refractivity contribution in [2.75, 3.05) is 0 Å². The van der Waals surface area contributed by atoms with E-state index in [1.165, 1.54) is 0 Å². The van der Waals surface area contributed by atoms with Crippen LogP contribution in [0, 0.1) is 0 Å². The van der Waals surface area contributed by atoms with Crippen molar-refractivity contribution < 1.29 is 0 Å². The molecule has 2 nitrogen and oxygen atoms in total. The van der Waals surface area contributed by atoms with Crippen LogP contribution >= 0.6 is 27.5 Å². The molecule has 0 aliphatic heterocycles. The molecule has 11 heavy (non-hydrogen) atoms. The van der Waals surface area contributed by atoms with Crippen LogP contribution in [0.15, 0.2) is 22.9 Å². The molecule has 0 fully saturated rings. The Hall–Kier alpha value is -0.540. The zero-order valence-electron chi connectivity index (χ0n) is 5.44. The van der Waals surface area contributed by atoms with Gasteiger partial charge in [0.1, 0.15) is 5.65 Å². The fourth-order valence-corrected chi connectivity index (χ4v) is 1.86. The Bertz CT molecular complexity index is 396. The molecule has 2 aromatic rings. The first-order chi connectivity index (χ1) is 5.29. The van der Waals surface area contributed by atoms with E-state index in [-0.39, 0.29) is 0 Å². The van der Waals surface area contributed by atoms with Crippen LogP contribution in [0.4, 0.5) is 0 Å². The first-order valence-corrected chi connectivity index (χ1v) is 4.23. The van der Waals surface area contributed by atoms with Crippen molar-refractivity contribution >= 4 is 38.6 Å². The number of hydrogen-bond donors (Lipinski definition) is 1. The van der Waals surface area contributed by atoms with Crippen LogP contribution in [-0.2, 0) is 0 Å². The molecular formula is C7H4BrClN2. The summed E-state index contributed by atoms with van der Waals surface area (Å²) in [5, 5.41) is 1.63. The lowest BCUT2D eigenvalue weighted by Crippen LogP contribution is -1.74. The van der Waals surface area contributed by atoms with Gasteiger partial charge in [-0.2, -0.15) is 0 Å². The highest BCUT2D eigenvalue weighted by Crippen LogP contribution is 2.28. The average Bonchev–Trinajstić information content (AvgIpc) is 2.34. The molecule has 0 unspecified atom stereocenters. The lowest BCUT2D eigenvalue weighted by Gasteiger charge is -1.91. The molecule has 0 saturated heterocycles. The van der Waals surface area contributed by atoms with Crippen molar-refractivity contribution in [3.8, 4) is 0 Å². The molecule has 0 amide bonds. The minimum atomic E-state index is 0.694. The summed E-state index contributed by atoms with van der Waals surface area (Å²) >= 11 is 9.26. The van der Waals surface area contributed by atoms with Crippen molar-refractivity contribution in [2.45, 2.75) is 0 Å². The van der Waals surface area contributed by atoms with E-state index in [9.17, 15) is 0 Å². The molecule has 0 radical (unpaired) electrons. The predicted octanol–water partition coefficient (Wildman–Crippen LogP) is 2.98. The summed E-state index contributed by atoms with van der Waals surface area (Å²) in [4.78, 5) is 7.05. The summed E-state index contributed by atoms with van der Waals surface area (Å²) < 4.78 is 0.966. The maximum atomic E-state index is 5.88. The summed E-state index contributed by atoms with van der Waals surface area (Å²) in [6.45, 7) is 0. The molecule has 0 bridgehead atoms. The largest absolute Gasteiger partial charge is 0.345 e. The number of fused-ring (bicyclic) bond motifs is 1. The van der Waals surface area contributed by atoms with Crippen LogP contribution in [0.25, 0.3) is 11.0 Å². The van der Waals surface area contributed by atoms with Crippen LogP contribution in [0.1, 0.15) is 0 Å². The minimum Gasteiger partial charge on any atom is -0.345 e.